The minimum atomic E-state index is -1.05. The summed E-state index contributed by atoms with van der Waals surface area (Å²) in [6.45, 7) is 2.20. The van der Waals surface area contributed by atoms with Crippen LogP contribution in [0.4, 0.5) is 4.79 Å². The molecule has 12 heteroatoms. The second-order valence-corrected chi connectivity index (χ2v) is 12.6. The van der Waals surface area contributed by atoms with E-state index in [4.69, 9.17) is 14.6 Å². The van der Waals surface area contributed by atoms with E-state index in [1.54, 1.807) is 6.20 Å². The normalized spacial score (nSPS) is 13.0. The fourth-order valence-corrected chi connectivity index (χ4v) is 6.31. The molecule has 3 amide bonds. The highest BCUT2D eigenvalue weighted by molar-refractivity contribution is 5.89. The van der Waals surface area contributed by atoms with Crippen molar-refractivity contribution in [2.24, 2.45) is 0 Å². The first-order chi connectivity index (χ1) is 24.7. The molecular formula is C39H44N4O8. The number of carbonyl (C=O) groups excluding carboxylic acids is 4. The number of hydrogen-bond acceptors (Lipinski definition) is 7. The third-order valence-electron chi connectivity index (χ3n) is 8.94. The molecule has 0 saturated heterocycles. The summed E-state index contributed by atoms with van der Waals surface area (Å²) in [4.78, 5) is 66.4. The van der Waals surface area contributed by atoms with Gasteiger partial charge in [0, 0.05) is 48.8 Å². The maximum Gasteiger partial charge on any atom is 0.407 e. The molecule has 1 aliphatic carbocycles. The van der Waals surface area contributed by atoms with Crippen LogP contribution in [-0.4, -0.2) is 71.8 Å². The highest BCUT2D eigenvalue weighted by Gasteiger charge is 2.30. The number of aliphatic carboxylic acids is 1. The molecule has 5 rings (SSSR count). The predicted molar refractivity (Wildman–Crippen MR) is 191 cm³/mol. The second-order valence-electron chi connectivity index (χ2n) is 12.6. The van der Waals surface area contributed by atoms with Crippen molar-refractivity contribution >= 4 is 40.7 Å². The monoisotopic (exact) mass is 696 g/mol. The van der Waals surface area contributed by atoms with Gasteiger partial charge in [-0.25, -0.2) is 9.59 Å². The van der Waals surface area contributed by atoms with Crippen molar-refractivity contribution in [3.05, 3.63) is 95.7 Å². The van der Waals surface area contributed by atoms with E-state index in [2.05, 4.69) is 33.1 Å². The molecule has 268 valence electrons. The number of H-pyrrole nitrogens is 1. The molecule has 0 spiro atoms. The number of esters is 1. The van der Waals surface area contributed by atoms with E-state index in [-0.39, 0.29) is 57.8 Å². The van der Waals surface area contributed by atoms with Crippen LogP contribution in [0.2, 0.25) is 0 Å². The van der Waals surface area contributed by atoms with E-state index in [0.29, 0.717) is 6.42 Å². The highest BCUT2D eigenvalue weighted by Crippen LogP contribution is 2.44. The van der Waals surface area contributed by atoms with E-state index < -0.39 is 41.9 Å². The highest BCUT2D eigenvalue weighted by atomic mass is 16.5. The Balaban J connectivity index is 1.24. The van der Waals surface area contributed by atoms with Gasteiger partial charge >= 0.3 is 18.0 Å². The van der Waals surface area contributed by atoms with Crippen LogP contribution in [-0.2, 0) is 35.1 Å². The molecule has 0 saturated carbocycles. The number of aromatic nitrogens is 1. The molecule has 2 atom stereocenters. The van der Waals surface area contributed by atoms with Gasteiger partial charge in [-0.2, -0.15) is 0 Å². The molecule has 0 aliphatic heterocycles. The first-order valence-corrected chi connectivity index (χ1v) is 17.4. The van der Waals surface area contributed by atoms with Crippen molar-refractivity contribution < 1.29 is 38.6 Å². The summed E-state index contributed by atoms with van der Waals surface area (Å²) in [6, 6.07) is 21.6. The largest absolute Gasteiger partial charge is 0.481 e. The molecule has 0 radical (unpaired) electrons. The Hall–Kier alpha value is -5.65. The first-order valence-electron chi connectivity index (χ1n) is 17.4. The number of ether oxygens (including phenoxy) is 2. The third-order valence-corrected chi connectivity index (χ3v) is 8.94. The lowest BCUT2D eigenvalue weighted by molar-refractivity contribution is -0.148. The zero-order valence-corrected chi connectivity index (χ0v) is 28.6. The molecule has 5 N–H and O–H groups in total. The molecule has 12 nitrogen and oxygen atoms in total. The van der Waals surface area contributed by atoms with Gasteiger partial charge < -0.3 is 35.5 Å². The lowest BCUT2D eigenvalue weighted by Crippen LogP contribution is -2.50. The van der Waals surface area contributed by atoms with Gasteiger partial charge in [0.05, 0.1) is 6.61 Å². The number of benzene rings is 3. The third kappa shape index (κ3) is 9.74. The number of aromatic amines is 1. The van der Waals surface area contributed by atoms with Gasteiger partial charge in [-0.3, -0.25) is 14.4 Å². The number of carbonyl (C=O) groups is 5. The van der Waals surface area contributed by atoms with Gasteiger partial charge in [0.2, 0.25) is 11.8 Å². The maximum atomic E-state index is 13.7. The Labute approximate surface area is 296 Å². The molecule has 1 aliphatic rings. The van der Waals surface area contributed by atoms with Crippen LogP contribution in [0.15, 0.2) is 79.0 Å². The Bertz CT molecular complexity index is 1810. The number of hydrogen-bond donors (Lipinski definition) is 5. The average molecular weight is 697 g/mol. The Kier molecular flexibility index (Phi) is 12.8. The topological polar surface area (TPSA) is 176 Å². The standard InChI is InChI=1S/C39H44N4O8/c1-2-3-21-50-38(48)33(42-35(44)17-10-18-36(45)46)19-20-40-37(47)34(22-25-23-41-32-16-9-8-11-26(25)32)43-39(49)51-24-31-29-14-6-4-12-27(29)28-13-5-7-15-30(28)31/h4-9,11-16,23,31,33-34,41H,2-3,10,17-22,24H2,1H3,(H,40,47)(H,42,44)(H,43,49)(H,45,46)/t33-,34-/m1/s1. The van der Waals surface area contributed by atoms with Crippen LogP contribution < -0.4 is 16.0 Å². The summed E-state index contributed by atoms with van der Waals surface area (Å²) in [5.74, 6) is -2.81. The first kappa shape index (κ1) is 36.6. The summed E-state index contributed by atoms with van der Waals surface area (Å²) < 4.78 is 11.1. The summed E-state index contributed by atoms with van der Waals surface area (Å²) in [7, 11) is 0. The lowest BCUT2D eigenvalue weighted by atomic mass is 9.98. The molecule has 0 fully saturated rings. The number of alkyl carbamates (subject to hydrolysis) is 1. The number of rotatable bonds is 18. The number of unbranched alkanes of at least 4 members (excludes halogenated alkanes) is 1. The number of nitrogens with one attached hydrogen (secondary N) is 4. The van der Waals surface area contributed by atoms with Crippen LogP contribution in [0.3, 0.4) is 0 Å². The van der Waals surface area contributed by atoms with Crippen molar-refractivity contribution in [1.82, 2.24) is 20.9 Å². The van der Waals surface area contributed by atoms with Crippen molar-refractivity contribution in [3.8, 4) is 11.1 Å². The molecular weight excluding hydrogens is 652 g/mol. The Morgan fingerprint density at radius 1 is 0.824 bits per heavy atom. The van der Waals surface area contributed by atoms with Crippen LogP contribution in [0, 0.1) is 0 Å². The predicted octanol–water partition coefficient (Wildman–Crippen LogP) is 5.21. The maximum absolute atomic E-state index is 13.7. The van der Waals surface area contributed by atoms with Gasteiger partial charge in [-0.15, -0.1) is 0 Å². The Morgan fingerprint density at radius 3 is 2.22 bits per heavy atom. The van der Waals surface area contributed by atoms with Crippen LogP contribution in [0.5, 0.6) is 0 Å². The van der Waals surface area contributed by atoms with Crippen molar-refractivity contribution in [1.29, 1.82) is 0 Å². The molecule has 0 bridgehead atoms. The smallest absolute Gasteiger partial charge is 0.407 e. The number of carboxylic acid groups (broad SMARTS) is 1. The van der Waals surface area contributed by atoms with E-state index in [9.17, 15) is 24.0 Å². The van der Waals surface area contributed by atoms with Crippen LogP contribution in [0.1, 0.15) is 68.1 Å². The van der Waals surface area contributed by atoms with Crippen molar-refractivity contribution in [2.75, 3.05) is 19.8 Å². The van der Waals surface area contributed by atoms with Gasteiger partial charge in [-0.05, 0) is 53.1 Å². The Morgan fingerprint density at radius 2 is 1.51 bits per heavy atom. The number of fused-ring (bicyclic) bond motifs is 4. The lowest BCUT2D eigenvalue weighted by Gasteiger charge is -2.21. The fraction of sp³-hybridized carbons (Fsp3) is 0.359. The second kappa shape index (κ2) is 17.8. The van der Waals surface area contributed by atoms with Crippen molar-refractivity contribution in [3.63, 3.8) is 0 Å². The van der Waals surface area contributed by atoms with Gasteiger partial charge in [-0.1, -0.05) is 80.1 Å². The van der Waals surface area contributed by atoms with E-state index in [0.717, 1.165) is 45.1 Å². The average Bonchev–Trinajstić information content (AvgIpc) is 3.68. The van der Waals surface area contributed by atoms with Crippen LogP contribution in [0.25, 0.3) is 22.0 Å². The summed E-state index contributed by atoms with van der Waals surface area (Å²) in [6.07, 6.45) is 2.55. The summed E-state index contributed by atoms with van der Waals surface area (Å²) in [5, 5.41) is 18.0. The minimum Gasteiger partial charge on any atom is -0.481 e. The van der Waals surface area contributed by atoms with E-state index in [1.165, 1.54) is 0 Å². The van der Waals surface area contributed by atoms with E-state index in [1.807, 2.05) is 67.6 Å². The zero-order chi connectivity index (χ0) is 36.2. The van der Waals surface area contributed by atoms with E-state index >= 15 is 0 Å². The molecule has 1 aromatic heterocycles. The number of amides is 3. The minimum absolute atomic E-state index is 0.0153. The number of para-hydroxylation sites is 1. The number of carboxylic acids is 1. The van der Waals surface area contributed by atoms with Crippen molar-refractivity contribution in [2.45, 2.75) is 69.9 Å². The van der Waals surface area contributed by atoms with Crippen LogP contribution >= 0.6 is 0 Å². The molecule has 1 heterocycles. The molecule has 4 aromatic rings. The zero-order valence-electron chi connectivity index (χ0n) is 28.6. The SMILES string of the molecule is CCCCOC(=O)[C@@H](CCNC(=O)[C@@H](Cc1c[nH]c2ccccc12)NC(=O)OCC1c2ccccc2-c2ccccc21)NC(=O)CCCC(=O)O. The molecule has 3 aromatic carbocycles. The fourth-order valence-electron chi connectivity index (χ4n) is 6.31. The summed E-state index contributed by atoms with van der Waals surface area (Å²) in [5.41, 5.74) is 6.03. The van der Waals surface area contributed by atoms with Gasteiger partial charge in [0.15, 0.2) is 0 Å². The quantitative estimate of drug-likeness (QED) is 0.0696. The summed E-state index contributed by atoms with van der Waals surface area (Å²) >= 11 is 0. The molecule has 51 heavy (non-hydrogen) atoms. The van der Waals surface area contributed by atoms with Gasteiger partial charge in [0.25, 0.3) is 0 Å². The molecule has 0 unspecified atom stereocenters. The van der Waals surface area contributed by atoms with Gasteiger partial charge in [0.1, 0.15) is 18.7 Å².